The van der Waals surface area contributed by atoms with Gasteiger partial charge in [-0.25, -0.2) is 0 Å². The third-order valence-electron chi connectivity index (χ3n) is 11.9. The number of carbonyl (C=O) groups is 4. The van der Waals surface area contributed by atoms with Gasteiger partial charge in [0, 0.05) is 46.2 Å². The summed E-state index contributed by atoms with van der Waals surface area (Å²) in [6, 6.07) is 7.09. The largest absolute Gasteiger partial charge is 0.455 e. The Balaban J connectivity index is 1.48. The highest BCUT2D eigenvalue weighted by atomic mass is 16.6. The molecule has 4 aliphatic heterocycles. The Morgan fingerprint density at radius 1 is 1.13 bits per heavy atom. The van der Waals surface area contributed by atoms with E-state index in [1.807, 2.05) is 51.1 Å². The van der Waals surface area contributed by atoms with E-state index in [1.54, 1.807) is 33.9 Å². The summed E-state index contributed by atoms with van der Waals surface area (Å²) in [5, 5.41) is 10.8. The van der Waals surface area contributed by atoms with Gasteiger partial charge in [0.15, 0.2) is 0 Å². The summed E-state index contributed by atoms with van der Waals surface area (Å²) in [7, 11) is 1.70. The van der Waals surface area contributed by atoms with Gasteiger partial charge in [-0.3, -0.25) is 24.1 Å². The molecule has 286 valence electrons. The van der Waals surface area contributed by atoms with Crippen LogP contribution in [0.2, 0.25) is 0 Å². The Morgan fingerprint density at radius 2 is 1.85 bits per heavy atom. The zero-order chi connectivity index (χ0) is 37.6. The van der Waals surface area contributed by atoms with Gasteiger partial charge in [-0.2, -0.15) is 0 Å². The number of morpholine rings is 1. The predicted molar refractivity (Wildman–Crippen MR) is 196 cm³/mol. The minimum absolute atomic E-state index is 0.104. The van der Waals surface area contributed by atoms with Gasteiger partial charge in [0.2, 0.25) is 17.7 Å². The van der Waals surface area contributed by atoms with Crippen molar-refractivity contribution in [2.75, 3.05) is 59.6 Å². The summed E-state index contributed by atoms with van der Waals surface area (Å²) in [5.41, 5.74) is -0.539. The monoisotopic (exact) mass is 722 g/mol. The van der Waals surface area contributed by atoms with Gasteiger partial charge in [0.25, 0.3) is 0 Å². The number of aliphatic hydroxyl groups is 1. The molecule has 2 bridgehead atoms. The Kier molecular flexibility index (Phi) is 13.3. The summed E-state index contributed by atoms with van der Waals surface area (Å²) < 4.78 is 18.6. The van der Waals surface area contributed by atoms with Crippen molar-refractivity contribution < 1.29 is 38.5 Å². The number of likely N-dealkylation sites (N-methyl/N-ethyl adjacent to an activating group) is 1. The van der Waals surface area contributed by atoms with Crippen LogP contribution in [0.3, 0.4) is 0 Å². The molecule has 52 heavy (non-hydrogen) atoms. The second-order valence-electron chi connectivity index (χ2n) is 14.8. The first-order valence-electron chi connectivity index (χ1n) is 19.0. The first-order valence-corrected chi connectivity index (χ1v) is 19.0. The standard InChI is InChI=1S/C40H58N4O8/c1-7-10-16-32(46)41(6)28(5)35(29-14-12-11-13-15-29)51-39(49)33-31-17-18-40(52-31)34(33)37(47)44(30(26-45)27(4)9-3)36(40)38(48)43(19-8-2)21-20-42-22-24-50-25-23-42/h7-8,11-15,27-28,30-31,33-36,45H,1-2,9-10,16-26H2,3-6H3/t27-,28-,30-,31+,33-,34-,35+,36+,40-/m0/s1. The van der Waals surface area contributed by atoms with Crippen LogP contribution in [0.25, 0.3) is 0 Å². The lowest BCUT2D eigenvalue weighted by molar-refractivity contribution is -0.165. The minimum atomic E-state index is -1.26. The van der Waals surface area contributed by atoms with Gasteiger partial charge >= 0.3 is 5.97 Å². The lowest BCUT2D eigenvalue weighted by Crippen LogP contribution is -2.60. The van der Waals surface area contributed by atoms with Crippen LogP contribution in [0.5, 0.6) is 0 Å². The number of benzene rings is 1. The first kappa shape index (κ1) is 39.6. The van der Waals surface area contributed by atoms with Crippen molar-refractivity contribution in [3.8, 4) is 0 Å². The van der Waals surface area contributed by atoms with E-state index in [2.05, 4.69) is 18.1 Å². The van der Waals surface area contributed by atoms with Crippen LogP contribution < -0.4 is 0 Å². The Labute approximate surface area is 308 Å². The van der Waals surface area contributed by atoms with E-state index in [0.717, 1.165) is 18.7 Å². The highest BCUT2D eigenvalue weighted by Gasteiger charge is 2.76. The molecular weight excluding hydrogens is 664 g/mol. The molecule has 5 rings (SSSR count). The van der Waals surface area contributed by atoms with Crippen LogP contribution in [-0.2, 0) is 33.4 Å². The van der Waals surface area contributed by atoms with Crippen LogP contribution in [0.1, 0.15) is 64.5 Å². The van der Waals surface area contributed by atoms with Crippen molar-refractivity contribution in [1.29, 1.82) is 0 Å². The average molecular weight is 723 g/mol. The number of aliphatic hydroxyl groups excluding tert-OH is 1. The zero-order valence-electron chi connectivity index (χ0n) is 31.4. The van der Waals surface area contributed by atoms with Crippen molar-refractivity contribution >= 4 is 23.7 Å². The highest BCUT2D eigenvalue weighted by Crippen LogP contribution is 2.59. The van der Waals surface area contributed by atoms with Gasteiger partial charge in [-0.1, -0.05) is 62.8 Å². The van der Waals surface area contributed by atoms with E-state index in [9.17, 15) is 24.3 Å². The number of ether oxygens (including phenoxy) is 3. The lowest BCUT2D eigenvalue weighted by atomic mass is 9.70. The molecule has 4 heterocycles. The maximum Gasteiger partial charge on any atom is 0.313 e. The first-order chi connectivity index (χ1) is 25.0. The van der Waals surface area contributed by atoms with Crippen molar-refractivity contribution in [3.63, 3.8) is 0 Å². The molecule has 1 spiro atoms. The number of allylic oxidation sites excluding steroid dienone is 1. The molecule has 12 heteroatoms. The minimum Gasteiger partial charge on any atom is -0.455 e. The second-order valence-corrected chi connectivity index (χ2v) is 14.8. The van der Waals surface area contributed by atoms with Crippen LogP contribution in [0, 0.1) is 17.8 Å². The third kappa shape index (κ3) is 7.71. The number of esters is 1. The second kappa shape index (κ2) is 17.5. The topological polar surface area (TPSA) is 129 Å². The van der Waals surface area contributed by atoms with E-state index >= 15 is 0 Å². The maximum atomic E-state index is 14.9. The number of fused-ring (bicyclic) bond motifs is 1. The van der Waals surface area contributed by atoms with Gasteiger partial charge in [-0.05, 0) is 37.7 Å². The van der Waals surface area contributed by atoms with Crippen LogP contribution >= 0.6 is 0 Å². The van der Waals surface area contributed by atoms with Crippen LogP contribution in [-0.4, -0.2) is 138 Å². The quantitative estimate of drug-likeness (QED) is 0.180. The molecule has 4 aliphatic rings. The molecule has 0 radical (unpaired) electrons. The fraction of sp³-hybridized carbons (Fsp3) is 0.650. The number of hydrogen-bond donors (Lipinski definition) is 1. The molecular formula is C40H58N4O8. The summed E-state index contributed by atoms with van der Waals surface area (Å²) in [5.74, 6) is -3.38. The molecule has 0 aliphatic carbocycles. The molecule has 12 nitrogen and oxygen atoms in total. The molecule has 1 N–H and O–H groups in total. The molecule has 3 amide bonds. The number of nitrogens with zero attached hydrogens (tertiary/aromatic N) is 4. The summed E-state index contributed by atoms with van der Waals surface area (Å²) in [6.07, 6.45) is 4.32. The summed E-state index contributed by atoms with van der Waals surface area (Å²) >= 11 is 0. The van der Waals surface area contributed by atoms with Crippen molar-refractivity contribution in [2.45, 2.75) is 88.8 Å². The van der Waals surface area contributed by atoms with Crippen molar-refractivity contribution in [3.05, 3.63) is 61.2 Å². The van der Waals surface area contributed by atoms with Crippen molar-refractivity contribution in [1.82, 2.24) is 19.6 Å². The average Bonchev–Trinajstić information content (AvgIpc) is 3.82. The molecule has 4 fully saturated rings. The SMILES string of the molecule is C=CCCC(=O)N(C)[C@@H](C)[C@@H](OC(=O)[C@@H]1[C@H]2C(=O)N([C@@H](CO)[C@@H](C)CC)[C@H](C(=O)N(CC=C)CCN3CCOCC3)[C@]23CC[C@H]1O3)c1ccccc1. The normalized spacial score (nSPS) is 27.7. The Morgan fingerprint density at radius 3 is 2.48 bits per heavy atom. The molecule has 9 atom stereocenters. The number of rotatable bonds is 18. The predicted octanol–water partition coefficient (Wildman–Crippen LogP) is 3.21. The lowest BCUT2D eigenvalue weighted by Gasteiger charge is -2.41. The third-order valence-corrected chi connectivity index (χ3v) is 11.9. The Bertz CT molecular complexity index is 1440. The highest BCUT2D eigenvalue weighted by molar-refractivity contribution is 5.98. The number of amides is 3. The van der Waals surface area contributed by atoms with E-state index < -0.39 is 53.7 Å². The van der Waals surface area contributed by atoms with Crippen LogP contribution in [0.15, 0.2) is 55.6 Å². The molecule has 0 aromatic heterocycles. The fourth-order valence-electron chi connectivity index (χ4n) is 8.64. The number of likely N-dealkylation sites (tertiary alicyclic amines) is 1. The van der Waals surface area contributed by atoms with Gasteiger partial charge in [-0.15, -0.1) is 13.2 Å². The maximum absolute atomic E-state index is 14.9. The van der Waals surface area contributed by atoms with Crippen molar-refractivity contribution in [2.24, 2.45) is 17.8 Å². The smallest absolute Gasteiger partial charge is 0.313 e. The molecule has 0 unspecified atom stereocenters. The van der Waals surface area contributed by atoms with Crippen LogP contribution in [0.4, 0.5) is 0 Å². The van der Waals surface area contributed by atoms with E-state index in [-0.39, 0.29) is 43.2 Å². The summed E-state index contributed by atoms with van der Waals surface area (Å²) in [6.45, 7) is 17.2. The van der Waals surface area contributed by atoms with Gasteiger partial charge < -0.3 is 34.0 Å². The van der Waals surface area contributed by atoms with E-state index in [0.29, 0.717) is 52.0 Å². The Hall–Kier alpha value is -3.58. The number of hydrogen-bond acceptors (Lipinski definition) is 9. The van der Waals surface area contributed by atoms with Gasteiger partial charge in [0.1, 0.15) is 17.7 Å². The molecule has 4 saturated heterocycles. The number of carbonyl (C=O) groups excluding carboxylic acids is 4. The van der Waals surface area contributed by atoms with Gasteiger partial charge in [0.05, 0.1) is 49.8 Å². The molecule has 0 saturated carbocycles. The van der Waals surface area contributed by atoms with E-state index in [1.165, 1.54) is 0 Å². The molecule has 1 aromatic rings. The fourth-order valence-corrected chi connectivity index (χ4v) is 8.64. The molecule has 1 aromatic carbocycles. The van der Waals surface area contributed by atoms with E-state index in [4.69, 9.17) is 14.2 Å². The zero-order valence-corrected chi connectivity index (χ0v) is 31.4. The summed E-state index contributed by atoms with van der Waals surface area (Å²) in [4.78, 5) is 64.4.